The average molecular weight is 427 g/mol. The lowest BCUT2D eigenvalue weighted by molar-refractivity contribution is -0.0292. The fourth-order valence-electron chi connectivity index (χ4n) is 4.08. The lowest BCUT2D eigenvalue weighted by Gasteiger charge is -2.17. The Morgan fingerprint density at radius 2 is 2.16 bits per heavy atom. The molecule has 5 rings (SSSR count). The number of aromatic nitrogens is 5. The number of rotatable bonds is 5. The third-order valence-corrected chi connectivity index (χ3v) is 5.62. The lowest BCUT2D eigenvalue weighted by atomic mass is 10.1. The van der Waals surface area contributed by atoms with Gasteiger partial charge in [0.1, 0.15) is 29.5 Å². The van der Waals surface area contributed by atoms with Crippen LogP contribution in [0.15, 0.2) is 33.8 Å². The van der Waals surface area contributed by atoms with E-state index in [0.29, 0.717) is 29.2 Å². The molecular weight excluding hydrogens is 405 g/mol. The Hall–Kier alpha value is -3.11. The molecule has 0 bridgehead atoms. The summed E-state index contributed by atoms with van der Waals surface area (Å²) in [6.45, 7) is 4.60. The molecule has 0 spiro atoms. The minimum Gasteiger partial charge on any atom is -0.383 e. The predicted octanol–water partition coefficient (Wildman–Crippen LogP) is 3.11. The summed E-state index contributed by atoms with van der Waals surface area (Å²) in [5.41, 5.74) is 1.09. The Balaban J connectivity index is 1.66. The van der Waals surface area contributed by atoms with E-state index in [1.165, 1.54) is 23.0 Å². The summed E-state index contributed by atoms with van der Waals surface area (Å²) >= 11 is 0. The number of benzene rings is 1. The van der Waals surface area contributed by atoms with Crippen molar-refractivity contribution in [3.8, 4) is 11.5 Å². The maximum absolute atomic E-state index is 13.9. The van der Waals surface area contributed by atoms with E-state index in [0.717, 1.165) is 12.8 Å². The molecule has 1 unspecified atom stereocenters. The summed E-state index contributed by atoms with van der Waals surface area (Å²) in [6, 6.07) is 4.29. The van der Waals surface area contributed by atoms with Gasteiger partial charge in [0, 0.05) is 13.7 Å². The normalized spacial score (nSPS) is 18.4. The van der Waals surface area contributed by atoms with Crippen LogP contribution in [0.1, 0.15) is 38.7 Å². The number of imidazole rings is 1. The van der Waals surface area contributed by atoms with Gasteiger partial charge in [0.15, 0.2) is 0 Å². The van der Waals surface area contributed by atoms with Gasteiger partial charge in [0.2, 0.25) is 5.82 Å². The van der Waals surface area contributed by atoms with Gasteiger partial charge in [-0.15, -0.1) is 0 Å². The van der Waals surface area contributed by atoms with Gasteiger partial charge in [-0.3, -0.25) is 9.20 Å². The molecule has 9 nitrogen and oxygen atoms in total. The minimum atomic E-state index is -0.431. The number of nitrogens with zero attached hydrogens (tertiary/aromatic N) is 5. The molecule has 10 heteroatoms. The highest BCUT2D eigenvalue weighted by atomic mass is 19.1. The van der Waals surface area contributed by atoms with Crippen LogP contribution < -0.4 is 5.56 Å². The van der Waals surface area contributed by atoms with Gasteiger partial charge in [0.25, 0.3) is 11.4 Å². The first kappa shape index (κ1) is 19.8. The Kier molecular flexibility index (Phi) is 4.63. The van der Waals surface area contributed by atoms with Gasteiger partial charge in [-0.1, -0.05) is 5.16 Å². The molecule has 31 heavy (non-hydrogen) atoms. The summed E-state index contributed by atoms with van der Waals surface area (Å²) in [6.07, 6.45) is 2.89. The molecule has 4 heterocycles. The smallest absolute Gasteiger partial charge is 0.277 e. The van der Waals surface area contributed by atoms with Crippen LogP contribution in [0.3, 0.4) is 0 Å². The summed E-state index contributed by atoms with van der Waals surface area (Å²) in [5, 5.41) is 4.05. The van der Waals surface area contributed by atoms with Crippen LogP contribution in [0.5, 0.6) is 0 Å². The number of hydrogen-bond acceptors (Lipinski definition) is 7. The van der Waals surface area contributed by atoms with Crippen molar-refractivity contribution in [1.29, 1.82) is 0 Å². The quantitative estimate of drug-likeness (QED) is 0.483. The van der Waals surface area contributed by atoms with Crippen LogP contribution in [-0.2, 0) is 16.0 Å². The summed E-state index contributed by atoms with van der Waals surface area (Å²) in [4.78, 5) is 22.2. The zero-order chi connectivity index (χ0) is 21.8. The average Bonchev–Trinajstić information content (AvgIpc) is 3.45. The van der Waals surface area contributed by atoms with E-state index in [2.05, 4.69) is 15.1 Å². The van der Waals surface area contributed by atoms with Crippen molar-refractivity contribution in [3.05, 3.63) is 46.6 Å². The molecule has 0 N–H and O–H groups in total. The zero-order valence-corrected chi connectivity index (χ0v) is 17.5. The van der Waals surface area contributed by atoms with E-state index in [4.69, 9.17) is 14.0 Å². The molecule has 1 aliphatic heterocycles. The SMILES string of the molecule is COCCn1c(=O)c2c(-c3noc(C4CCC(C)(C)O4)n3)ncn2c2ccc(F)cc21. The maximum Gasteiger partial charge on any atom is 0.277 e. The van der Waals surface area contributed by atoms with Crippen LogP contribution in [0, 0.1) is 5.82 Å². The van der Waals surface area contributed by atoms with Crippen LogP contribution in [0.2, 0.25) is 0 Å². The van der Waals surface area contributed by atoms with E-state index in [-0.39, 0.29) is 35.2 Å². The fraction of sp³-hybridized carbons (Fsp3) is 0.429. The molecule has 4 aromatic rings. The molecule has 1 aromatic carbocycles. The van der Waals surface area contributed by atoms with Crippen LogP contribution >= 0.6 is 0 Å². The number of methoxy groups -OCH3 is 1. The highest BCUT2D eigenvalue weighted by molar-refractivity contribution is 5.83. The van der Waals surface area contributed by atoms with Crippen molar-refractivity contribution in [2.75, 3.05) is 13.7 Å². The number of halogens is 1. The molecule has 0 saturated carbocycles. The van der Waals surface area contributed by atoms with Crippen molar-refractivity contribution in [2.45, 2.75) is 44.9 Å². The molecule has 1 atom stereocenters. The molecule has 162 valence electrons. The van der Waals surface area contributed by atoms with Crippen molar-refractivity contribution in [3.63, 3.8) is 0 Å². The van der Waals surface area contributed by atoms with Crippen LogP contribution in [0.4, 0.5) is 4.39 Å². The first-order valence-corrected chi connectivity index (χ1v) is 10.1. The fourth-order valence-corrected chi connectivity index (χ4v) is 4.08. The topological polar surface area (TPSA) is 96.7 Å². The van der Waals surface area contributed by atoms with Crippen LogP contribution in [-0.4, -0.2) is 43.4 Å². The lowest BCUT2D eigenvalue weighted by Crippen LogP contribution is -2.25. The Morgan fingerprint density at radius 3 is 2.90 bits per heavy atom. The van der Waals surface area contributed by atoms with Gasteiger partial charge >= 0.3 is 0 Å². The highest BCUT2D eigenvalue weighted by Crippen LogP contribution is 2.38. The molecular formula is C21H22FN5O4. The predicted molar refractivity (Wildman–Crippen MR) is 109 cm³/mol. The van der Waals surface area contributed by atoms with Crippen LogP contribution in [0.25, 0.3) is 28.1 Å². The Bertz CT molecular complexity index is 1340. The van der Waals surface area contributed by atoms with Crippen molar-refractivity contribution < 1.29 is 18.4 Å². The molecule has 0 amide bonds. The highest BCUT2D eigenvalue weighted by Gasteiger charge is 2.36. The van der Waals surface area contributed by atoms with E-state index >= 15 is 0 Å². The molecule has 1 saturated heterocycles. The Morgan fingerprint density at radius 1 is 1.32 bits per heavy atom. The molecule has 1 fully saturated rings. The maximum atomic E-state index is 13.9. The number of fused-ring (bicyclic) bond motifs is 3. The molecule has 0 radical (unpaired) electrons. The van der Waals surface area contributed by atoms with Gasteiger partial charge < -0.3 is 18.6 Å². The largest absolute Gasteiger partial charge is 0.383 e. The van der Waals surface area contributed by atoms with Crippen molar-refractivity contribution in [1.82, 2.24) is 24.1 Å². The van der Waals surface area contributed by atoms with Crippen molar-refractivity contribution >= 4 is 16.6 Å². The molecule has 3 aromatic heterocycles. The first-order chi connectivity index (χ1) is 14.9. The van der Waals surface area contributed by atoms with E-state index in [1.54, 1.807) is 17.6 Å². The second kappa shape index (κ2) is 7.24. The minimum absolute atomic E-state index is 0.211. The number of ether oxygens (including phenoxy) is 2. The summed E-state index contributed by atoms with van der Waals surface area (Å²) in [7, 11) is 1.55. The molecule has 0 aliphatic carbocycles. The standard InChI is InChI=1S/C21H22FN5O4/c1-21(2)7-6-15(30-21)19-24-18(25-31-19)16-17-20(28)26(8-9-29-3)14-10-12(22)4-5-13(14)27(17)11-23-16/h4-5,10-11,15H,6-9H2,1-3H3. The zero-order valence-electron chi connectivity index (χ0n) is 17.5. The molecule has 1 aliphatic rings. The summed E-state index contributed by atoms with van der Waals surface area (Å²) in [5.74, 6) is 0.145. The van der Waals surface area contributed by atoms with E-state index in [9.17, 15) is 9.18 Å². The van der Waals surface area contributed by atoms with Gasteiger partial charge in [-0.05, 0) is 44.9 Å². The number of hydrogen-bond donors (Lipinski definition) is 0. The van der Waals surface area contributed by atoms with E-state index < -0.39 is 5.82 Å². The Labute approximate surface area is 176 Å². The summed E-state index contributed by atoms with van der Waals surface area (Å²) < 4.78 is 33.6. The third-order valence-electron chi connectivity index (χ3n) is 5.62. The monoisotopic (exact) mass is 427 g/mol. The second-order valence-corrected chi connectivity index (χ2v) is 8.26. The third kappa shape index (κ3) is 3.31. The van der Waals surface area contributed by atoms with E-state index in [1.807, 2.05) is 13.8 Å². The van der Waals surface area contributed by atoms with Crippen molar-refractivity contribution in [2.24, 2.45) is 0 Å². The van der Waals surface area contributed by atoms with Gasteiger partial charge in [0.05, 0.1) is 23.2 Å². The van der Waals surface area contributed by atoms with Gasteiger partial charge in [-0.25, -0.2) is 9.37 Å². The van der Waals surface area contributed by atoms with Gasteiger partial charge in [-0.2, -0.15) is 4.98 Å². The second-order valence-electron chi connectivity index (χ2n) is 8.26. The first-order valence-electron chi connectivity index (χ1n) is 10.1.